The van der Waals surface area contributed by atoms with Gasteiger partial charge in [0.2, 0.25) is 0 Å². The van der Waals surface area contributed by atoms with Crippen molar-refractivity contribution in [3.8, 4) is 0 Å². The normalized spacial score (nSPS) is 52.5. The van der Waals surface area contributed by atoms with E-state index in [9.17, 15) is 107 Å². The van der Waals surface area contributed by atoms with Crippen molar-refractivity contribution in [2.75, 3.05) is 60.5 Å². The Kier molecular flexibility index (Phi) is 23.8. The second kappa shape index (κ2) is 28.8. The van der Waals surface area contributed by atoms with Crippen molar-refractivity contribution in [1.82, 2.24) is 0 Å². The van der Waals surface area contributed by atoms with Crippen LogP contribution in [0.15, 0.2) is 0 Å². The lowest BCUT2D eigenvalue weighted by atomic mass is 9.95. The third kappa shape index (κ3) is 13.6. The van der Waals surface area contributed by atoms with Crippen LogP contribution in [0.2, 0.25) is 0 Å². The highest BCUT2D eigenvalue weighted by Gasteiger charge is 2.58. The lowest BCUT2D eigenvalue weighted by Crippen LogP contribution is -2.68. The van der Waals surface area contributed by atoms with Crippen molar-refractivity contribution in [1.29, 1.82) is 0 Å². The van der Waals surface area contributed by atoms with E-state index in [2.05, 4.69) is 0 Å². The van der Waals surface area contributed by atoms with Crippen LogP contribution in [0, 0.1) is 0 Å². The van der Waals surface area contributed by atoms with Gasteiger partial charge >= 0.3 is 0 Å². The minimum atomic E-state index is -2.27. The minimum absolute atomic E-state index is 0.823. The molecule has 7 aliphatic rings. The van der Waals surface area contributed by atoms with Crippen molar-refractivity contribution in [3.05, 3.63) is 0 Å². The fourth-order valence-electron chi connectivity index (χ4n) is 10.3. The van der Waals surface area contributed by atoms with E-state index in [0.29, 0.717) is 0 Å². The molecule has 7 saturated heterocycles. The Balaban J connectivity index is 1.12. The summed E-state index contributed by atoms with van der Waals surface area (Å²) in [7, 11) is 2.21. The summed E-state index contributed by atoms with van der Waals surface area (Å²) in [5.41, 5.74) is 0. The Hall–Kier alpha value is -1.44. The van der Waals surface area contributed by atoms with Crippen molar-refractivity contribution in [2.24, 2.45) is 0 Å². The zero-order chi connectivity index (χ0) is 58.8. The molecular formula is C44H76O36. The first kappa shape index (κ1) is 66.1. The summed E-state index contributed by atoms with van der Waals surface area (Å²) in [6.07, 6.45) is -66.8. The molecular weight excluding hydrogens is 1100 g/mol. The molecule has 7 aliphatic heterocycles. The molecule has 0 aliphatic carbocycles. The Bertz CT molecular complexity index is 1840. The van der Waals surface area contributed by atoms with Gasteiger partial charge in [-0.05, 0) is 0 Å². The first-order chi connectivity index (χ1) is 38.0. The molecule has 35 atom stereocenters. The second-order valence-electron chi connectivity index (χ2n) is 20.0. The van der Waals surface area contributed by atoms with Crippen LogP contribution in [0.4, 0.5) is 0 Å². The molecule has 0 aromatic carbocycles. The molecule has 36 heteroatoms. The van der Waals surface area contributed by atoms with Gasteiger partial charge in [0.05, 0.1) is 46.2 Å². The van der Waals surface area contributed by atoms with E-state index in [1.165, 1.54) is 0 Å². The highest BCUT2D eigenvalue weighted by molar-refractivity contribution is 5.00. The zero-order valence-corrected chi connectivity index (χ0v) is 42.7. The molecule has 14 unspecified atom stereocenters. The van der Waals surface area contributed by atoms with E-state index in [1.54, 1.807) is 0 Å². The third-order valence-electron chi connectivity index (χ3n) is 15.0. The van der Waals surface area contributed by atoms with Gasteiger partial charge in [0.1, 0.15) is 171 Å². The van der Waals surface area contributed by atoms with Gasteiger partial charge in [0.15, 0.2) is 44.0 Å². The number of methoxy groups -OCH3 is 2. The molecule has 21 N–H and O–H groups in total. The highest BCUT2D eigenvalue weighted by atomic mass is 16.8. The maximum atomic E-state index is 11.9. The molecule has 0 bridgehead atoms. The molecule has 0 spiro atoms. The molecule has 0 amide bonds. The van der Waals surface area contributed by atoms with Crippen molar-refractivity contribution < 1.29 is 178 Å². The molecule has 7 rings (SSSR count). The summed E-state index contributed by atoms with van der Waals surface area (Å²) < 4.78 is 83.9. The number of ether oxygens (including phenoxy) is 15. The van der Waals surface area contributed by atoms with E-state index in [-0.39, 0.29) is 0 Å². The maximum absolute atomic E-state index is 11.9. The van der Waals surface area contributed by atoms with E-state index in [0.717, 1.165) is 14.2 Å². The van der Waals surface area contributed by atoms with Gasteiger partial charge < -0.3 is 178 Å². The average molecular weight is 1180 g/mol. The van der Waals surface area contributed by atoms with Crippen LogP contribution >= 0.6 is 0 Å². The van der Waals surface area contributed by atoms with E-state index < -0.39 is 261 Å². The van der Waals surface area contributed by atoms with Gasteiger partial charge in [0, 0.05) is 14.2 Å². The Morgan fingerprint density at radius 3 is 0.800 bits per heavy atom. The summed E-state index contributed by atoms with van der Waals surface area (Å²) in [4.78, 5) is 0. The molecule has 7 fully saturated rings. The number of rotatable bonds is 21. The van der Waals surface area contributed by atoms with Crippen LogP contribution in [-0.4, -0.2) is 383 Å². The smallest absolute Gasteiger partial charge is 0.187 e. The quantitative estimate of drug-likeness (QED) is 0.0507. The summed E-state index contributed by atoms with van der Waals surface area (Å²) >= 11 is 0. The first-order valence-electron chi connectivity index (χ1n) is 25.4. The summed E-state index contributed by atoms with van der Waals surface area (Å²) in [6, 6.07) is 0. The standard InChI is InChI=1S/C44H76O36/c1-66-32-18(52)11(4-46)72-41(26(32)60)79-36-22(56)15(8-50)74-43(30(36)64)80-37-23(57)16(75-44(31(37)65)77-33-19(53)12(5-47)69-38(67-2)27(33)61)9-68-39-28(62)34(20(54)13(6-48)70-39)78-42-29(63)35(21(55)14(7-49)73-42)76-40-25(59)24(58)17(51)10(3-45)71-40/h10-65H,3-9H2,1-2H3/t10?,11?,12?,13?,14?,15?,16?,17-,18-,19-,20-,21-,22-,23-,24-,25?,26?,27?,28?,29?,30?,31?,32-,33-,34-,35-,36-,37-,38+,39+,40-,41-,42-,43-,44-/m0/s1. The van der Waals surface area contributed by atoms with Crippen molar-refractivity contribution in [3.63, 3.8) is 0 Å². The predicted molar refractivity (Wildman–Crippen MR) is 241 cm³/mol. The molecule has 0 radical (unpaired) electrons. The first-order valence-corrected chi connectivity index (χ1v) is 25.4. The third-order valence-corrected chi connectivity index (χ3v) is 15.0. The van der Waals surface area contributed by atoms with Crippen LogP contribution < -0.4 is 0 Å². The number of aliphatic hydroxyl groups is 21. The number of aliphatic hydroxyl groups excluding tert-OH is 21. The molecule has 80 heavy (non-hydrogen) atoms. The summed E-state index contributed by atoms with van der Waals surface area (Å²) in [5.74, 6) is 0. The zero-order valence-electron chi connectivity index (χ0n) is 42.7. The lowest BCUT2D eigenvalue weighted by Gasteiger charge is -2.49. The van der Waals surface area contributed by atoms with Crippen molar-refractivity contribution in [2.45, 2.75) is 215 Å². The van der Waals surface area contributed by atoms with Gasteiger partial charge in [-0.3, -0.25) is 0 Å². The van der Waals surface area contributed by atoms with E-state index in [4.69, 9.17) is 71.1 Å². The summed E-state index contributed by atoms with van der Waals surface area (Å²) in [6.45, 7) is -6.62. The molecule has 0 aromatic heterocycles. The molecule has 468 valence electrons. The van der Waals surface area contributed by atoms with Gasteiger partial charge in [0.25, 0.3) is 0 Å². The largest absolute Gasteiger partial charge is 0.394 e. The van der Waals surface area contributed by atoms with Crippen LogP contribution in [0.25, 0.3) is 0 Å². The van der Waals surface area contributed by atoms with E-state index in [1.807, 2.05) is 0 Å². The van der Waals surface area contributed by atoms with Crippen LogP contribution in [0.5, 0.6) is 0 Å². The van der Waals surface area contributed by atoms with Crippen molar-refractivity contribution >= 4 is 0 Å². The Morgan fingerprint density at radius 1 is 0.237 bits per heavy atom. The molecule has 0 saturated carbocycles. The SMILES string of the molecule is CO[C@@H]1OC(CO)[C@H](O)[C@H](O[C@@H]2OC(CO[C@@H]3OC(CO)[C@H](O)[C@H](O[C@@H]4OC(CO)[C@H](O)[C@H](O[C@@H]5OC(CO)[C@H](O)[C@H](O)C5O)C4O)C3O)[C@H](O)[C@H](O[C@@H]3OC(CO)[C@H](O)[C@H](O[C@@H]4OC(CO)[C@H](O)[C@H](OC)C4O)C3O)C2O)C1O. The lowest BCUT2D eigenvalue weighted by molar-refractivity contribution is -0.395. The predicted octanol–water partition coefficient (Wildman–Crippen LogP) is -15.0. The van der Waals surface area contributed by atoms with Crippen LogP contribution in [-0.2, 0) is 71.1 Å². The summed E-state index contributed by atoms with van der Waals surface area (Å²) in [5, 5.41) is 227. The molecule has 0 aromatic rings. The van der Waals surface area contributed by atoms with E-state index >= 15 is 0 Å². The molecule has 7 heterocycles. The van der Waals surface area contributed by atoms with Crippen LogP contribution in [0.3, 0.4) is 0 Å². The fraction of sp³-hybridized carbons (Fsp3) is 1.00. The van der Waals surface area contributed by atoms with Crippen LogP contribution in [0.1, 0.15) is 0 Å². The van der Waals surface area contributed by atoms with Gasteiger partial charge in [-0.15, -0.1) is 0 Å². The monoisotopic (exact) mass is 1180 g/mol. The maximum Gasteiger partial charge on any atom is 0.187 e. The van der Waals surface area contributed by atoms with Gasteiger partial charge in [-0.2, -0.15) is 0 Å². The number of hydrogen-bond acceptors (Lipinski definition) is 36. The topological polar surface area (TPSA) is 563 Å². The Labute approximate surface area is 453 Å². The van der Waals surface area contributed by atoms with Gasteiger partial charge in [-0.25, -0.2) is 0 Å². The average Bonchev–Trinajstić information content (AvgIpc) is 3.46. The fourth-order valence-corrected chi connectivity index (χ4v) is 10.3. The number of hydrogen-bond donors (Lipinski definition) is 21. The van der Waals surface area contributed by atoms with Gasteiger partial charge in [-0.1, -0.05) is 0 Å². The highest BCUT2D eigenvalue weighted by Crippen LogP contribution is 2.37. The minimum Gasteiger partial charge on any atom is -0.394 e. The Morgan fingerprint density at radius 2 is 0.475 bits per heavy atom. The second-order valence-corrected chi connectivity index (χ2v) is 20.0. The molecule has 36 nitrogen and oxygen atoms in total.